The van der Waals surface area contributed by atoms with Gasteiger partial charge in [-0.15, -0.1) is 0 Å². The molecule has 0 saturated heterocycles. The number of aromatic nitrogens is 1. The molecule has 0 radical (unpaired) electrons. The second-order valence-corrected chi connectivity index (χ2v) is 4.43. The van der Waals surface area contributed by atoms with E-state index in [1.54, 1.807) is 12.3 Å². The lowest BCUT2D eigenvalue weighted by Gasteiger charge is -2.17. The van der Waals surface area contributed by atoms with Crippen LogP contribution in [0.2, 0.25) is 0 Å². The summed E-state index contributed by atoms with van der Waals surface area (Å²) in [6.45, 7) is 3.12. The Morgan fingerprint density at radius 3 is 2.88 bits per heavy atom. The molecule has 1 aromatic rings. The summed E-state index contributed by atoms with van der Waals surface area (Å²) in [7, 11) is 4.09. The molecule has 3 N–H and O–H groups in total. The smallest absolute Gasteiger partial charge is 0.267 e. The van der Waals surface area contributed by atoms with Gasteiger partial charge in [0.15, 0.2) is 0 Å². The van der Waals surface area contributed by atoms with Crippen molar-refractivity contribution in [3.63, 3.8) is 0 Å². The Balaban J connectivity index is 2.56. The van der Waals surface area contributed by atoms with Crippen molar-refractivity contribution in [2.75, 3.05) is 26.0 Å². The average Bonchev–Trinajstić information content (AvgIpc) is 2.26. The molecule has 1 heterocycles. The zero-order valence-electron chi connectivity index (χ0n) is 10.6. The molecule has 0 bridgehead atoms. The molecule has 0 aliphatic carbocycles. The van der Waals surface area contributed by atoms with Gasteiger partial charge in [-0.25, -0.2) is 0 Å². The molecule has 1 atom stereocenters. The summed E-state index contributed by atoms with van der Waals surface area (Å²) in [4.78, 5) is 17.0. The molecule has 17 heavy (non-hydrogen) atoms. The fraction of sp³-hybridized carbons (Fsp3) is 0.500. The summed E-state index contributed by atoms with van der Waals surface area (Å²) in [5.74, 6) is -0.505. The number of primary amides is 1. The molecule has 0 aromatic carbocycles. The number of amides is 1. The van der Waals surface area contributed by atoms with Crippen LogP contribution in [0.25, 0.3) is 0 Å². The predicted octanol–water partition coefficient (Wildman–Crippen LogP) is 0.933. The molecule has 0 aliphatic heterocycles. The number of rotatable bonds is 6. The monoisotopic (exact) mass is 236 g/mol. The number of pyridine rings is 1. The van der Waals surface area contributed by atoms with Crippen molar-refractivity contribution < 1.29 is 4.79 Å². The number of carbonyl (C=O) groups excluding carboxylic acids is 1. The third kappa shape index (κ3) is 4.82. The molecule has 1 aromatic heterocycles. The van der Waals surface area contributed by atoms with E-state index in [0.717, 1.165) is 18.7 Å². The van der Waals surface area contributed by atoms with E-state index in [-0.39, 0.29) is 5.69 Å². The van der Waals surface area contributed by atoms with Crippen molar-refractivity contribution >= 4 is 11.6 Å². The van der Waals surface area contributed by atoms with Gasteiger partial charge in [0.1, 0.15) is 5.69 Å². The van der Waals surface area contributed by atoms with Gasteiger partial charge in [0, 0.05) is 17.9 Å². The van der Waals surface area contributed by atoms with E-state index in [2.05, 4.69) is 22.1 Å². The standard InChI is InChI=1S/C12H20N4O/c1-9(5-7-16(2)3)15-10-4-6-14-11(8-10)12(13)17/h4,6,8-9H,5,7H2,1-3H3,(H2,13,17)(H,14,15). The largest absolute Gasteiger partial charge is 0.382 e. The predicted molar refractivity (Wildman–Crippen MR) is 69.0 cm³/mol. The molecule has 1 rings (SSSR count). The highest BCUT2D eigenvalue weighted by molar-refractivity contribution is 5.91. The van der Waals surface area contributed by atoms with Gasteiger partial charge in [0.25, 0.3) is 5.91 Å². The normalized spacial score (nSPS) is 12.5. The van der Waals surface area contributed by atoms with E-state index in [1.165, 1.54) is 0 Å². The van der Waals surface area contributed by atoms with Crippen molar-refractivity contribution in [2.45, 2.75) is 19.4 Å². The Morgan fingerprint density at radius 2 is 2.29 bits per heavy atom. The van der Waals surface area contributed by atoms with Crippen molar-refractivity contribution in [1.29, 1.82) is 0 Å². The summed E-state index contributed by atoms with van der Waals surface area (Å²) in [6, 6.07) is 3.84. The fourth-order valence-corrected chi connectivity index (χ4v) is 1.46. The number of nitrogens with zero attached hydrogens (tertiary/aromatic N) is 2. The van der Waals surface area contributed by atoms with Gasteiger partial charge in [0.05, 0.1) is 0 Å². The van der Waals surface area contributed by atoms with Gasteiger partial charge >= 0.3 is 0 Å². The maximum atomic E-state index is 11.0. The zero-order valence-corrected chi connectivity index (χ0v) is 10.6. The van der Waals surface area contributed by atoms with Crippen LogP contribution in [0.3, 0.4) is 0 Å². The van der Waals surface area contributed by atoms with Crippen LogP contribution in [0.15, 0.2) is 18.3 Å². The van der Waals surface area contributed by atoms with Crippen molar-refractivity contribution in [1.82, 2.24) is 9.88 Å². The van der Waals surface area contributed by atoms with E-state index >= 15 is 0 Å². The third-order valence-corrected chi connectivity index (χ3v) is 2.43. The molecule has 5 heteroatoms. The van der Waals surface area contributed by atoms with Crippen LogP contribution in [0, 0.1) is 0 Å². The highest BCUT2D eigenvalue weighted by Gasteiger charge is 2.06. The summed E-state index contributed by atoms with van der Waals surface area (Å²) < 4.78 is 0. The fourth-order valence-electron chi connectivity index (χ4n) is 1.46. The minimum Gasteiger partial charge on any atom is -0.382 e. The van der Waals surface area contributed by atoms with E-state index < -0.39 is 5.91 Å². The molecule has 94 valence electrons. The van der Waals surface area contributed by atoms with Crippen LogP contribution in [-0.2, 0) is 0 Å². The van der Waals surface area contributed by atoms with E-state index in [1.807, 2.05) is 20.2 Å². The lowest BCUT2D eigenvalue weighted by Crippen LogP contribution is -2.23. The number of nitrogens with one attached hydrogen (secondary N) is 1. The van der Waals surface area contributed by atoms with Crippen LogP contribution in [0.5, 0.6) is 0 Å². The van der Waals surface area contributed by atoms with Gasteiger partial charge in [0.2, 0.25) is 0 Å². The zero-order chi connectivity index (χ0) is 12.8. The first-order valence-corrected chi connectivity index (χ1v) is 5.66. The molecular formula is C12H20N4O. The molecule has 5 nitrogen and oxygen atoms in total. The summed E-state index contributed by atoms with van der Waals surface area (Å²) in [5.41, 5.74) is 6.34. The Hall–Kier alpha value is -1.62. The quantitative estimate of drug-likeness (QED) is 0.771. The van der Waals surface area contributed by atoms with E-state index in [9.17, 15) is 4.79 Å². The second-order valence-electron chi connectivity index (χ2n) is 4.43. The first-order chi connectivity index (χ1) is 7.99. The lowest BCUT2D eigenvalue weighted by atomic mass is 10.2. The molecule has 0 aliphatic rings. The molecular weight excluding hydrogens is 216 g/mol. The van der Waals surface area contributed by atoms with Crippen molar-refractivity contribution in [3.05, 3.63) is 24.0 Å². The number of hydrogen-bond acceptors (Lipinski definition) is 4. The number of nitrogens with two attached hydrogens (primary N) is 1. The van der Waals surface area contributed by atoms with Crippen molar-refractivity contribution in [3.8, 4) is 0 Å². The maximum absolute atomic E-state index is 11.0. The first-order valence-electron chi connectivity index (χ1n) is 5.66. The van der Waals surface area contributed by atoms with Crippen LogP contribution in [0.4, 0.5) is 5.69 Å². The molecule has 0 fully saturated rings. The minimum absolute atomic E-state index is 0.287. The Labute approximate surface area is 102 Å². The third-order valence-electron chi connectivity index (χ3n) is 2.43. The van der Waals surface area contributed by atoms with Crippen LogP contribution in [0.1, 0.15) is 23.8 Å². The topological polar surface area (TPSA) is 71.2 Å². The number of hydrogen-bond donors (Lipinski definition) is 2. The van der Waals surface area contributed by atoms with Crippen LogP contribution >= 0.6 is 0 Å². The van der Waals surface area contributed by atoms with Gasteiger partial charge in [-0.1, -0.05) is 0 Å². The summed E-state index contributed by atoms with van der Waals surface area (Å²) in [5, 5.41) is 3.32. The molecule has 0 spiro atoms. The highest BCUT2D eigenvalue weighted by atomic mass is 16.1. The molecule has 1 unspecified atom stereocenters. The first kappa shape index (κ1) is 13.4. The van der Waals surface area contributed by atoms with Gasteiger partial charge in [-0.3, -0.25) is 9.78 Å². The van der Waals surface area contributed by atoms with Crippen LogP contribution < -0.4 is 11.1 Å². The molecule has 1 amide bonds. The number of anilines is 1. The molecule has 0 saturated carbocycles. The van der Waals surface area contributed by atoms with E-state index in [4.69, 9.17) is 5.73 Å². The van der Waals surface area contributed by atoms with Gasteiger partial charge in [-0.2, -0.15) is 0 Å². The summed E-state index contributed by atoms with van der Waals surface area (Å²) >= 11 is 0. The van der Waals surface area contributed by atoms with Gasteiger partial charge in [-0.05, 0) is 46.1 Å². The maximum Gasteiger partial charge on any atom is 0.267 e. The number of carbonyl (C=O) groups is 1. The van der Waals surface area contributed by atoms with Gasteiger partial charge < -0.3 is 16.0 Å². The highest BCUT2D eigenvalue weighted by Crippen LogP contribution is 2.10. The average molecular weight is 236 g/mol. The second kappa shape index (κ2) is 6.20. The Kier molecular flexibility index (Phi) is 4.90. The van der Waals surface area contributed by atoms with E-state index in [0.29, 0.717) is 6.04 Å². The van der Waals surface area contributed by atoms with Crippen molar-refractivity contribution in [2.24, 2.45) is 5.73 Å². The minimum atomic E-state index is -0.505. The Bertz CT molecular complexity index is 379. The van der Waals surface area contributed by atoms with Crippen LogP contribution in [-0.4, -0.2) is 42.5 Å². The Morgan fingerprint density at radius 1 is 1.59 bits per heavy atom. The summed E-state index contributed by atoms with van der Waals surface area (Å²) in [6.07, 6.45) is 2.61. The SMILES string of the molecule is CC(CCN(C)C)Nc1ccnc(C(N)=O)c1. The lowest BCUT2D eigenvalue weighted by molar-refractivity contribution is 0.0995.